The molecule has 0 heterocycles. The molecule has 18 heavy (non-hydrogen) atoms. The fourth-order valence-electron chi connectivity index (χ4n) is 2.70. The first-order valence-corrected chi connectivity index (χ1v) is 7.02. The number of benzene rings is 1. The predicted molar refractivity (Wildman–Crippen MR) is 77.9 cm³/mol. The van der Waals surface area contributed by atoms with Crippen molar-refractivity contribution < 1.29 is 0 Å². The second-order valence-corrected chi connectivity index (χ2v) is 5.93. The van der Waals surface area contributed by atoms with E-state index < -0.39 is 0 Å². The van der Waals surface area contributed by atoms with Gasteiger partial charge in [-0.15, -0.1) is 0 Å². The van der Waals surface area contributed by atoms with E-state index in [0.717, 1.165) is 12.5 Å². The van der Waals surface area contributed by atoms with Gasteiger partial charge in [-0.1, -0.05) is 29.3 Å². The molecule has 1 unspecified atom stereocenters. The third kappa shape index (κ3) is 3.82. The summed E-state index contributed by atoms with van der Waals surface area (Å²) in [5.74, 6) is 0.965. The number of hydrogen-bond acceptors (Lipinski definition) is 2. The van der Waals surface area contributed by atoms with E-state index in [9.17, 15) is 0 Å². The third-order valence-corrected chi connectivity index (χ3v) is 3.76. The van der Waals surface area contributed by atoms with E-state index in [2.05, 4.69) is 56.4 Å². The molecule has 1 fully saturated rings. The summed E-state index contributed by atoms with van der Waals surface area (Å²) in [5, 5.41) is 3.46. The van der Waals surface area contributed by atoms with Gasteiger partial charge in [0.15, 0.2) is 0 Å². The first kappa shape index (κ1) is 13.6. The summed E-state index contributed by atoms with van der Waals surface area (Å²) >= 11 is 0. The van der Waals surface area contributed by atoms with Crippen LogP contribution in [0.3, 0.4) is 0 Å². The van der Waals surface area contributed by atoms with Crippen molar-refractivity contribution in [1.29, 1.82) is 0 Å². The van der Waals surface area contributed by atoms with E-state index >= 15 is 0 Å². The Balaban J connectivity index is 2.01. The monoisotopic (exact) mass is 246 g/mol. The number of aryl methyl sites for hydroxylation is 2. The molecule has 1 aromatic rings. The molecule has 2 rings (SSSR count). The summed E-state index contributed by atoms with van der Waals surface area (Å²) in [6.07, 6.45) is 2.86. The topological polar surface area (TPSA) is 15.3 Å². The van der Waals surface area contributed by atoms with Gasteiger partial charge < -0.3 is 10.2 Å². The minimum atomic E-state index is 0.437. The zero-order valence-corrected chi connectivity index (χ0v) is 12.2. The molecule has 2 nitrogen and oxygen atoms in total. The zero-order chi connectivity index (χ0) is 13.1. The van der Waals surface area contributed by atoms with Crippen molar-refractivity contribution in [3.8, 4) is 0 Å². The predicted octanol–water partition coefficient (Wildman–Crippen LogP) is 2.91. The molecule has 100 valence electrons. The Labute approximate surface area is 111 Å². The minimum Gasteiger partial charge on any atom is -0.312 e. The smallest absolute Gasteiger partial charge is 0.0446 e. The maximum atomic E-state index is 3.46. The van der Waals surface area contributed by atoms with Crippen LogP contribution in [0.1, 0.15) is 35.6 Å². The summed E-state index contributed by atoms with van der Waals surface area (Å²) in [5.41, 5.74) is 4.13. The van der Waals surface area contributed by atoms with Gasteiger partial charge in [-0.25, -0.2) is 0 Å². The quantitative estimate of drug-likeness (QED) is 0.830. The molecule has 1 N–H and O–H groups in total. The molecule has 1 saturated carbocycles. The fourth-order valence-corrected chi connectivity index (χ4v) is 2.70. The minimum absolute atomic E-state index is 0.437. The lowest BCUT2D eigenvalue weighted by Crippen LogP contribution is -2.32. The highest BCUT2D eigenvalue weighted by atomic mass is 15.1. The maximum absolute atomic E-state index is 3.46. The fraction of sp³-hybridized carbons (Fsp3) is 0.625. The number of hydrogen-bond donors (Lipinski definition) is 1. The number of likely N-dealkylation sites (N-methyl/N-ethyl adjacent to an activating group) is 2. The summed E-state index contributed by atoms with van der Waals surface area (Å²) in [4.78, 5) is 2.47. The number of nitrogens with zero attached hydrogens (tertiary/aromatic N) is 1. The average molecular weight is 246 g/mol. The van der Waals surface area contributed by atoms with E-state index in [1.54, 1.807) is 0 Å². The lowest BCUT2D eigenvalue weighted by Gasteiger charge is -2.24. The molecule has 1 atom stereocenters. The van der Waals surface area contributed by atoms with E-state index in [1.807, 2.05) is 0 Å². The highest BCUT2D eigenvalue weighted by Crippen LogP contribution is 2.29. The average Bonchev–Trinajstić information content (AvgIpc) is 3.08. The normalized spacial score (nSPS) is 17.2. The summed E-state index contributed by atoms with van der Waals surface area (Å²) < 4.78 is 0. The van der Waals surface area contributed by atoms with Crippen LogP contribution in [0.2, 0.25) is 0 Å². The van der Waals surface area contributed by atoms with Crippen molar-refractivity contribution in [1.82, 2.24) is 10.2 Å². The summed E-state index contributed by atoms with van der Waals surface area (Å²) in [6.45, 7) is 6.70. The summed E-state index contributed by atoms with van der Waals surface area (Å²) in [7, 11) is 4.30. The number of nitrogens with one attached hydrogen (secondary N) is 1. The summed E-state index contributed by atoms with van der Waals surface area (Å²) in [6, 6.07) is 7.29. The lowest BCUT2D eigenvalue weighted by molar-refractivity contribution is 0.286. The van der Waals surface area contributed by atoms with Gasteiger partial charge in [0.2, 0.25) is 0 Å². The van der Waals surface area contributed by atoms with Crippen LogP contribution in [0.4, 0.5) is 0 Å². The van der Waals surface area contributed by atoms with Crippen LogP contribution in [-0.4, -0.2) is 32.1 Å². The molecule has 0 saturated heterocycles. The van der Waals surface area contributed by atoms with Crippen molar-refractivity contribution >= 4 is 0 Å². The molecule has 1 aliphatic carbocycles. The molecule has 0 aliphatic heterocycles. The molecule has 0 radical (unpaired) electrons. The lowest BCUT2D eigenvalue weighted by atomic mass is 10.0. The molecule has 0 spiro atoms. The Morgan fingerprint density at radius 3 is 2.33 bits per heavy atom. The first-order chi connectivity index (χ1) is 8.58. The molecular formula is C16H26N2. The molecule has 1 aliphatic rings. The zero-order valence-electron chi connectivity index (χ0n) is 12.2. The second-order valence-electron chi connectivity index (χ2n) is 5.93. The van der Waals surface area contributed by atoms with Gasteiger partial charge in [0.1, 0.15) is 0 Å². The van der Waals surface area contributed by atoms with Gasteiger partial charge in [0.25, 0.3) is 0 Å². The molecule has 0 bridgehead atoms. The van der Waals surface area contributed by atoms with Gasteiger partial charge in [0, 0.05) is 19.1 Å². The Morgan fingerprint density at radius 1 is 1.22 bits per heavy atom. The Hall–Kier alpha value is -0.860. The van der Waals surface area contributed by atoms with E-state index in [-0.39, 0.29) is 0 Å². The standard InChI is InChI=1S/C16H26N2/c1-12-7-13(2)9-15(8-12)16(17-3)11-18(4)10-14-5-6-14/h7-9,14,16-17H,5-6,10-11H2,1-4H3. The van der Waals surface area contributed by atoms with Crippen LogP contribution in [0.25, 0.3) is 0 Å². The Morgan fingerprint density at radius 2 is 1.83 bits per heavy atom. The second kappa shape index (κ2) is 5.85. The van der Waals surface area contributed by atoms with Crippen molar-refractivity contribution in [2.75, 3.05) is 27.2 Å². The van der Waals surface area contributed by atoms with Crippen LogP contribution < -0.4 is 5.32 Å². The Bertz CT molecular complexity index is 376. The molecule has 0 aromatic heterocycles. The van der Waals surface area contributed by atoms with Crippen molar-refractivity contribution in [3.05, 3.63) is 34.9 Å². The van der Waals surface area contributed by atoms with Crippen molar-refractivity contribution in [2.45, 2.75) is 32.7 Å². The van der Waals surface area contributed by atoms with E-state index in [4.69, 9.17) is 0 Å². The van der Waals surface area contributed by atoms with Crippen LogP contribution in [0, 0.1) is 19.8 Å². The van der Waals surface area contributed by atoms with Gasteiger partial charge in [-0.2, -0.15) is 0 Å². The molecule has 1 aromatic carbocycles. The molecular weight excluding hydrogens is 220 g/mol. The van der Waals surface area contributed by atoms with Gasteiger partial charge in [-0.3, -0.25) is 0 Å². The number of rotatable bonds is 6. The van der Waals surface area contributed by atoms with E-state index in [0.29, 0.717) is 6.04 Å². The molecule has 2 heteroatoms. The van der Waals surface area contributed by atoms with E-state index in [1.165, 1.54) is 36.1 Å². The highest BCUT2D eigenvalue weighted by molar-refractivity contribution is 5.30. The van der Waals surface area contributed by atoms with Crippen LogP contribution in [0.15, 0.2) is 18.2 Å². The first-order valence-electron chi connectivity index (χ1n) is 7.02. The van der Waals surface area contributed by atoms with Gasteiger partial charge in [-0.05, 0) is 52.3 Å². The maximum Gasteiger partial charge on any atom is 0.0446 e. The largest absolute Gasteiger partial charge is 0.312 e. The van der Waals surface area contributed by atoms with Crippen molar-refractivity contribution in [2.24, 2.45) is 5.92 Å². The van der Waals surface area contributed by atoms with Crippen molar-refractivity contribution in [3.63, 3.8) is 0 Å². The third-order valence-electron chi connectivity index (χ3n) is 3.76. The SMILES string of the molecule is CNC(CN(C)CC1CC1)c1cc(C)cc(C)c1. The van der Waals surface area contributed by atoms with Crippen LogP contribution in [0.5, 0.6) is 0 Å². The van der Waals surface area contributed by atoms with Gasteiger partial charge >= 0.3 is 0 Å². The van der Waals surface area contributed by atoms with Crippen LogP contribution in [-0.2, 0) is 0 Å². The highest BCUT2D eigenvalue weighted by Gasteiger charge is 2.24. The Kier molecular flexibility index (Phi) is 4.41. The van der Waals surface area contributed by atoms with Gasteiger partial charge in [0.05, 0.1) is 0 Å². The molecule has 0 amide bonds. The van der Waals surface area contributed by atoms with Crippen LogP contribution >= 0.6 is 0 Å².